The Morgan fingerprint density at radius 3 is 2.13 bits per heavy atom. The lowest BCUT2D eigenvalue weighted by Gasteiger charge is -2.30. The highest BCUT2D eigenvalue weighted by Gasteiger charge is 2.35. The molecule has 6 rings (SSSR count). The predicted octanol–water partition coefficient (Wildman–Crippen LogP) is 5.25. The topological polar surface area (TPSA) is 187 Å². The molecule has 6 N–H and O–H groups in total. The van der Waals surface area contributed by atoms with Crippen molar-refractivity contribution in [2.24, 2.45) is 11.8 Å². The summed E-state index contributed by atoms with van der Waals surface area (Å²) in [7, 11) is 0. The number of hydrogen-bond acceptors (Lipinski definition) is 8. The van der Waals surface area contributed by atoms with Crippen LogP contribution in [0.1, 0.15) is 49.2 Å². The molecule has 322 valence electrons. The Morgan fingerprint density at radius 2 is 1.44 bits per heavy atom. The van der Waals surface area contributed by atoms with Crippen LogP contribution in [0.5, 0.6) is 5.75 Å². The van der Waals surface area contributed by atoms with Crippen LogP contribution in [0.4, 0.5) is 0 Å². The number of nitrogens with one attached hydrogen (secondary N) is 5. The van der Waals surface area contributed by atoms with Crippen molar-refractivity contribution in [3.63, 3.8) is 0 Å². The summed E-state index contributed by atoms with van der Waals surface area (Å²) in [6.45, 7) is 3.71. The first kappa shape index (κ1) is 44.7. The summed E-state index contributed by atoms with van der Waals surface area (Å²) in [5, 5.41) is 25.8. The summed E-state index contributed by atoms with van der Waals surface area (Å²) in [6.07, 6.45) is 4.68. The van der Waals surface area contributed by atoms with Gasteiger partial charge in [-0.2, -0.15) is 0 Å². The summed E-state index contributed by atoms with van der Waals surface area (Å²) in [5.74, 6) is -2.50. The Kier molecular flexibility index (Phi) is 16.3. The summed E-state index contributed by atoms with van der Waals surface area (Å²) in [5.41, 5.74) is 3.02. The molecule has 0 saturated carbocycles. The zero-order chi connectivity index (χ0) is 43.7. The van der Waals surface area contributed by atoms with Gasteiger partial charge in [-0.1, -0.05) is 123 Å². The third-order valence-electron chi connectivity index (χ3n) is 11.0. The molecule has 13 nitrogen and oxygen atoms in total. The number of carbonyl (C=O) groups is 4. The smallest absolute Gasteiger partial charge is 0.258 e. The number of amides is 4. The number of imidazole rings is 1. The van der Waals surface area contributed by atoms with Crippen LogP contribution in [0, 0.1) is 11.8 Å². The van der Waals surface area contributed by atoms with E-state index in [1.807, 2.05) is 123 Å². The van der Waals surface area contributed by atoms with Gasteiger partial charge in [-0.15, -0.1) is 0 Å². The van der Waals surface area contributed by atoms with Gasteiger partial charge >= 0.3 is 0 Å². The van der Waals surface area contributed by atoms with E-state index in [4.69, 9.17) is 4.74 Å². The van der Waals surface area contributed by atoms with Gasteiger partial charge in [0.1, 0.15) is 17.8 Å². The van der Waals surface area contributed by atoms with Gasteiger partial charge in [-0.25, -0.2) is 4.98 Å². The first-order valence-electron chi connectivity index (χ1n) is 21.1. The number of pyridine rings is 1. The lowest BCUT2D eigenvalue weighted by Crippen LogP contribution is -2.54. The lowest BCUT2D eigenvalue weighted by atomic mass is 9.87. The van der Waals surface area contributed by atoms with Crippen molar-refractivity contribution in [2.45, 2.75) is 76.7 Å². The number of rotatable bonds is 22. The molecule has 1 unspecified atom stereocenters. The van der Waals surface area contributed by atoms with Crippen molar-refractivity contribution in [1.29, 1.82) is 0 Å². The van der Waals surface area contributed by atoms with Crippen LogP contribution >= 0.6 is 0 Å². The summed E-state index contributed by atoms with van der Waals surface area (Å²) >= 11 is 0. The second kappa shape index (κ2) is 22.7. The number of hydrogen-bond donors (Lipinski definition) is 6. The number of H-pyrrole nitrogens is 1. The van der Waals surface area contributed by atoms with Crippen molar-refractivity contribution in [2.75, 3.05) is 6.61 Å². The second-order valence-electron chi connectivity index (χ2n) is 15.6. The minimum atomic E-state index is -1.26. The molecule has 0 bridgehead atoms. The third-order valence-corrected chi connectivity index (χ3v) is 11.0. The van der Waals surface area contributed by atoms with Crippen LogP contribution in [-0.2, 0) is 45.0 Å². The van der Waals surface area contributed by atoms with Crippen molar-refractivity contribution < 1.29 is 29.0 Å². The molecule has 0 radical (unpaired) electrons. The maximum absolute atomic E-state index is 14.4. The molecule has 0 aliphatic carbocycles. The second-order valence-corrected chi connectivity index (χ2v) is 15.6. The van der Waals surface area contributed by atoms with Gasteiger partial charge in [0.25, 0.3) is 5.91 Å². The van der Waals surface area contributed by atoms with E-state index in [0.29, 0.717) is 30.0 Å². The molecule has 0 aliphatic heterocycles. The molecule has 0 fully saturated rings. The highest BCUT2D eigenvalue weighted by Crippen LogP contribution is 2.25. The number of aromatic nitrogens is 3. The van der Waals surface area contributed by atoms with Gasteiger partial charge in [0.2, 0.25) is 17.7 Å². The molecule has 4 aromatic carbocycles. The van der Waals surface area contributed by atoms with Gasteiger partial charge in [0.15, 0.2) is 6.61 Å². The fraction of sp³-hybridized carbons (Fsp3) is 0.306. The first-order chi connectivity index (χ1) is 30.2. The highest BCUT2D eigenvalue weighted by atomic mass is 16.5. The molecular formula is C49H55N7O6. The Morgan fingerprint density at radius 1 is 0.742 bits per heavy atom. The van der Waals surface area contributed by atoms with Gasteiger partial charge in [0.05, 0.1) is 30.6 Å². The molecule has 0 saturated heterocycles. The number of fused-ring (bicyclic) bond motifs is 1. The maximum atomic E-state index is 14.4. The van der Waals surface area contributed by atoms with Crippen molar-refractivity contribution >= 4 is 34.4 Å². The zero-order valence-corrected chi connectivity index (χ0v) is 35.1. The molecule has 6 atom stereocenters. The van der Waals surface area contributed by atoms with Gasteiger partial charge in [0, 0.05) is 35.9 Å². The molecule has 0 aliphatic rings. The standard InChI is InChI=1S/C49H55N7O6/c1-3-33(2)46(49(61)52-30-37-21-12-13-24-51-37)56-47(59)41(26-35-17-8-5-9-18-35)43(57)28-38(25-34-15-6-4-7-16-34)54-48(60)42(27-39-29-50-32-53-39)55-45(58)31-62-44-23-14-20-36-19-10-11-22-40(36)44/h4-24,29,32-33,38,41-43,46,57H,3,25-28,30-31H2,1-2H3,(H,50,53)(H,52,61)(H,54,60)(H,55,58)(H,56,59)/t33?,38-,41+,42-,43-,46-/m0/s1. The average molecular weight is 838 g/mol. The zero-order valence-electron chi connectivity index (χ0n) is 35.1. The van der Waals surface area contributed by atoms with E-state index in [1.54, 1.807) is 24.5 Å². The largest absolute Gasteiger partial charge is 0.483 e. The fourth-order valence-corrected chi connectivity index (χ4v) is 7.40. The summed E-state index contributed by atoms with van der Waals surface area (Å²) in [4.78, 5) is 67.2. The van der Waals surface area contributed by atoms with Crippen molar-refractivity contribution in [3.8, 4) is 5.75 Å². The lowest BCUT2D eigenvalue weighted by molar-refractivity contribution is -0.135. The van der Waals surface area contributed by atoms with Crippen LogP contribution < -0.4 is 26.0 Å². The maximum Gasteiger partial charge on any atom is 0.258 e. The minimum absolute atomic E-state index is 0.0135. The summed E-state index contributed by atoms with van der Waals surface area (Å²) in [6, 6.07) is 35.0. The Hall–Kier alpha value is -6.86. The number of aliphatic hydroxyl groups is 1. The number of ether oxygens (including phenoxy) is 1. The van der Waals surface area contributed by atoms with Gasteiger partial charge < -0.3 is 36.1 Å². The van der Waals surface area contributed by atoms with E-state index in [1.165, 1.54) is 6.33 Å². The van der Waals surface area contributed by atoms with E-state index < -0.39 is 47.9 Å². The molecule has 6 aromatic rings. The number of aromatic amines is 1. The first-order valence-corrected chi connectivity index (χ1v) is 21.1. The molecule has 0 spiro atoms. The molecule has 4 amide bonds. The van der Waals surface area contributed by atoms with Crippen molar-refractivity contribution in [3.05, 3.63) is 163 Å². The van der Waals surface area contributed by atoms with E-state index in [9.17, 15) is 24.3 Å². The van der Waals surface area contributed by atoms with E-state index >= 15 is 0 Å². The molecule has 2 aromatic heterocycles. The molecule has 62 heavy (non-hydrogen) atoms. The van der Waals surface area contributed by atoms with Gasteiger partial charge in [-0.3, -0.25) is 24.2 Å². The van der Waals surface area contributed by atoms with Crippen molar-refractivity contribution in [1.82, 2.24) is 36.2 Å². The number of carbonyl (C=O) groups excluding carboxylic acids is 4. The normalized spacial score (nSPS) is 14.0. The van der Waals surface area contributed by atoms with E-state index in [0.717, 1.165) is 21.9 Å². The SMILES string of the molecule is CCC(C)[C@H](NC(=O)[C@H](Cc1ccccc1)[C@@H](O)C[C@H](Cc1ccccc1)NC(=O)[C@H](Cc1cnc[nH]1)NC(=O)COc1cccc2ccccc12)C(=O)NCc1ccccn1. The van der Waals surface area contributed by atoms with Crippen LogP contribution in [0.2, 0.25) is 0 Å². The van der Waals surface area contributed by atoms with Crippen LogP contribution in [0.15, 0.2) is 140 Å². The third kappa shape index (κ3) is 13.1. The van der Waals surface area contributed by atoms with Gasteiger partial charge in [-0.05, 0) is 59.9 Å². The van der Waals surface area contributed by atoms with Crippen LogP contribution in [-0.4, -0.2) is 74.5 Å². The molecule has 13 heteroatoms. The molecule has 2 heterocycles. The number of aliphatic hydroxyl groups excluding tert-OH is 1. The highest BCUT2D eigenvalue weighted by molar-refractivity contribution is 5.91. The van der Waals surface area contributed by atoms with E-state index in [2.05, 4.69) is 36.2 Å². The van der Waals surface area contributed by atoms with E-state index in [-0.39, 0.29) is 44.2 Å². The van der Waals surface area contributed by atoms with Crippen LogP contribution in [0.25, 0.3) is 10.8 Å². The minimum Gasteiger partial charge on any atom is -0.483 e. The fourth-order valence-electron chi connectivity index (χ4n) is 7.40. The quantitative estimate of drug-likeness (QED) is 0.0535. The summed E-state index contributed by atoms with van der Waals surface area (Å²) < 4.78 is 5.94. The number of nitrogens with zero attached hydrogens (tertiary/aromatic N) is 2. The average Bonchev–Trinajstić information content (AvgIpc) is 3.82. The monoisotopic (exact) mass is 837 g/mol. The Labute approximate surface area is 362 Å². The Bertz CT molecular complexity index is 2320. The number of benzene rings is 4. The van der Waals surface area contributed by atoms with Crippen LogP contribution in [0.3, 0.4) is 0 Å². The molecular weight excluding hydrogens is 783 g/mol. The Balaban J connectivity index is 1.20. The predicted molar refractivity (Wildman–Crippen MR) is 237 cm³/mol.